The van der Waals surface area contributed by atoms with E-state index in [4.69, 9.17) is 4.74 Å². The molecule has 1 saturated heterocycles. The summed E-state index contributed by atoms with van der Waals surface area (Å²) >= 11 is 0. The van der Waals surface area contributed by atoms with Gasteiger partial charge in [-0.3, -0.25) is 4.79 Å². The molecule has 4 heteroatoms. The number of benzene rings is 2. The second kappa shape index (κ2) is 7.34. The quantitative estimate of drug-likeness (QED) is 0.794. The number of morpholine rings is 1. The van der Waals surface area contributed by atoms with E-state index in [0.717, 1.165) is 29.9 Å². The van der Waals surface area contributed by atoms with Gasteiger partial charge < -0.3 is 14.5 Å². The van der Waals surface area contributed by atoms with E-state index in [1.165, 1.54) is 0 Å². The van der Waals surface area contributed by atoms with Crippen molar-refractivity contribution in [1.29, 1.82) is 0 Å². The smallest absolute Gasteiger partial charge is 0.254 e. The highest BCUT2D eigenvalue weighted by Gasteiger charge is 2.29. The fraction of sp³-hybridized carbons (Fsp3) is 0.318. The lowest BCUT2D eigenvalue weighted by atomic mass is 10.1. The molecule has 4 nitrogen and oxygen atoms in total. The van der Waals surface area contributed by atoms with Crippen molar-refractivity contribution in [2.24, 2.45) is 0 Å². The van der Waals surface area contributed by atoms with Crippen LogP contribution in [0.1, 0.15) is 28.9 Å². The molecular formula is C22H24N2O2. The Morgan fingerprint density at radius 2 is 1.65 bits per heavy atom. The molecule has 2 aromatic carbocycles. The van der Waals surface area contributed by atoms with Crippen LogP contribution in [0.15, 0.2) is 66.7 Å². The predicted molar refractivity (Wildman–Crippen MR) is 103 cm³/mol. The van der Waals surface area contributed by atoms with Crippen LogP contribution in [0.2, 0.25) is 0 Å². The van der Waals surface area contributed by atoms with Gasteiger partial charge in [-0.25, -0.2) is 0 Å². The van der Waals surface area contributed by atoms with Crippen LogP contribution < -0.4 is 4.90 Å². The van der Waals surface area contributed by atoms with Gasteiger partial charge in [-0.15, -0.1) is 0 Å². The van der Waals surface area contributed by atoms with Gasteiger partial charge in [0.15, 0.2) is 0 Å². The molecule has 1 amide bonds. The van der Waals surface area contributed by atoms with E-state index in [0.29, 0.717) is 13.1 Å². The molecule has 0 aliphatic carbocycles. The molecule has 2 heterocycles. The number of hydrogen-bond acceptors (Lipinski definition) is 3. The number of carbonyl (C=O) groups excluding carboxylic acids is 1. The number of amides is 1. The summed E-state index contributed by atoms with van der Waals surface area (Å²) in [6, 6.07) is 18.1. The van der Waals surface area contributed by atoms with Crippen LogP contribution in [0.25, 0.3) is 0 Å². The Morgan fingerprint density at radius 3 is 2.35 bits per heavy atom. The Kier molecular flexibility index (Phi) is 4.76. The normalized spacial score (nSPS) is 22.7. The summed E-state index contributed by atoms with van der Waals surface area (Å²) < 4.78 is 6.07. The maximum Gasteiger partial charge on any atom is 0.254 e. The molecule has 134 valence electrons. The van der Waals surface area contributed by atoms with Crippen LogP contribution in [0.4, 0.5) is 5.69 Å². The lowest BCUT2D eigenvalue weighted by molar-refractivity contribution is -0.0691. The van der Waals surface area contributed by atoms with Crippen molar-refractivity contribution in [2.45, 2.75) is 19.1 Å². The highest BCUT2D eigenvalue weighted by Crippen LogP contribution is 2.26. The van der Waals surface area contributed by atoms with Gasteiger partial charge in [0.25, 0.3) is 5.91 Å². The summed E-state index contributed by atoms with van der Waals surface area (Å²) in [6.45, 7) is 5.11. The number of rotatable bonds is 3. The van der Waals surface area contributed by atoms with Gasteiger partial charge in [-0.05, 0) is 36.8 Å². The first kappa shape index (κ1) is 16.9. The maximum absolute atomic E-state index is 13.0. The average Bonchev–Trinajstić information content (AvgIpc) is 3.22. The number of anilines is 1. The molecule has 1 fully saturated rings. The first-order valence-electron chi connectivity index (χ1n) is 9.20. The van der Waals surface area contributed by atoms with Crippen molar-refractivity contribution in [3.05, 3.63) is 77.9 Å². The standard InChI is InChI=1S/C22H24N2O2/c1-17-15-24(16-21(26-17)18-7-3-2-4-8-18)22(25)19-9-11-20(12-10-19)23-13-5-6-14-23/h2-12,17,21H,13-16H2,1H3/t17-,21+/m0/s1. The summed E-state index contributed by atoms with van der Waals surface area (Å²) in [6.07, 6.45) is 4.28. The molecule has 0 radical (unpaired) electrons. The van der Waals surface area contributed by atoms with Gasteiger partial charge in [0.2, 0.25) is 0 Å². The first-order chi connectivity index (χ1) is 12.7. The van der Waals surface area contributed by atoms with E-state index in [-0.39, 0.29) is 18.1 Å². The first-order valence-corrected chi connectivity index (χ1v) is 9.20. The Balaban J connectivity index is 1.48. The van der Waals surface area contributed by atoms with Gasteiger partial charge in [0.05, 0.1) is 12.6 Å². The Morgan fingerprint density at radius 1 is 0.962 bits per heavy atom. The van der Waals surface area contributed by atoms with Crippen molar-refractivity contribution in [1.82, 2.24) is 4.90 Å². The minimum absolute atomic E-state index is 0.0212. The van der Waals surface area contributed by atoms with Crippen LogP contribution in [0, 0.1) is 0 Å². The molecule has 2 aliphatic heterocycles. The lowest BCUT2D eigenvalue weighted by Gasteiger charge is -2.37. The van der Waals surface area contributed by atoms with Crippen LogP contribution >= 0.6 is 0 Å². The van der Waals surface area contributed by atoms with Gasteiger partial charge >= 0.3 is 0 Å². The molecule has 4 rings (SSSR count). The fourth-order valence-electron chi connectivity index (χ4n) is 3.66. The Labute approximate surface area is 154 Å². The summed E-state index contributed by atoms with van der Waals surface area (Å²) in [4.78, 5) is 17.2. The van der Waals surface area contributed by atoms with E-state index >= 15 is 0 Å². The van der Waals surface area contributed by atoms with Gasteiger partial charge in [-0.2, -0.15) is 0 Å². The second-order valence-corrected chi connectivity index (χ2v) is 6.98. The molecule has 2 atom stereocenters. The van der Waals surface area contributed by atoms with Crippen LogP contribution in [0.5, 0.6) is 0 Å². The molecule has 2 aliphatic rings. The van der Waals surface area contributed by atoms with E-state index in [1.54, 1.807) is 0 Å². The number of carbonyl (C=O) groups is 1. The highest BCUT2D eigenvalue weighted by molar-refractivity contribution is 5.94. The number of hydrogen-bond donors (Lipinski definition) is 0. The predicted octanol–water partition coefficient (Wildman–Crippen LogP) is 3.67. The molecule has 2 aromatic rings. The van der Waals surface area contributed by atoms with Gasteiger partial charge in [0.1, 0.15) is 6.10 Å². The summed E-state index contributed by atoms with van der Waals surface area (Å²) in [5.41, 5.74) is 3.01. The van der Waals surface area contributed by atoms with E-state index in [9.17, 15) is 4.79 Å². The molecule has 0 aromatic heterocycles. The molecule has 26 heavy (non-hydrogen) atoms. The molecule has 0 saturated carbocycles. The third kappa shape index (κ3) is 3.51. The third-order valence-electron chi connectivity index (χ3n) is 5.02. The van der Waals surface area contributed by atoms with Crippen LogP contribution in [0.3, 0.4) is 0 Å². The zero-order valence-corrected chi connectivity index (χ0v) is 15.0. The SMILES string of the molecule is C[C@H]1CN(C(=O)c2ccc(N3CC=CC3)cc2)C[C@H](c2ccccc2)O1. The second-order valence-electron chi connectivity index (χ2n) is 6.98. The minimum Gasteiger partial charge on any atom is -0.367 e. The largest absolute Gasteiger partial charge is 0.367 e. The zero-order chi connectivity index (χ0) is 17.9. The van der Waals surface area contributed by atoms with Gasteiger partial charge in [0, 0.05) is 30.9 Å². The Bertz CT molecular complexity index is 778. The summed E-state index contributed by atoms with van der Waals surface area (Å²) in [5.74, 6) is 0.0761. The molecular weight excluding hydrogens is 324 g/mol. The lowest BCUT2D eigenvalue weighted by Crippen LogP contribution is -2.45. The summed E-state index contributed by atoms with van der Waals surface area (Å²) in [7, 11) is 0. The van der Waals surface area contributed by atoms with Crippen molar-refractivity contribution < 1.29 is 9.53 Å². The van der Waals surface area contributed by atoms with E-state index in [2.05, 4.69) is 29.2 Å². The highest BCUT2D eigenvalue weighted by atomic mass is 16.5. The van der Waals surface area contributed by atoms with Crippen LogP contribution in [-0.2, 0) is 4.74 Å². The van der Waals surface area contributed by atoms with Crippen molar-refractivity contribution in [3.8, 4) is 0 Å². The number of nitrogens with zero attached hydrogens (tertiary/aromatic N) is 2. The number of ether oxygens (including phenoxy) is 1. The van der Waals surface area contributed by atoms with Crippen molar-refractivity contribution in [3.63, 3.8) is 0 Å². The minimum atomic E-state index is -0.0705. The molecule has 0 bridgehead atoms. The molecule has 0 spiro atoms. The molecule has 0 unspecified atom stereocenters. The summed E-state index contributed by atoms with van der Waals surface area (Å²) in [5, 5.41) is 0. The van der Waals surface area contributed by atoms with Gasteiger partial charge in [-0.1, -0.05) is 42.5 Å². The topological polar surface area (TPSA) is 32.8 Å². The van der Waals surface area contributed by atoms with E-state index in [1.807, 2.05) is 54.3 Å². The van der Waals surface area contributed by atoms with E-state index < -0.39 is 0 Å². The third-order valence-corrected chi connectivity index (χ3v) is 5.02. The average molecular weight is 348 g/mol. The van der Waals surface area contributed by atoms with Crippen molar-refractivity contribution >= 4 is 11.6 Å². The fourth-order valence-corrected chi connectivity index (χ4v) is 3.66. The van der Waals surface area contributed by atoms with Crippen LogP contribution in [-0.4, -0.2) is 43.1 Å². The Hall–Kier alpha value is -2.59. The molecule has 0 N–H and O–H groups in total. The maximum atomic E-state index is 13.0. The monoisotopic (exact) mass is 348 g/mol. The van der Waals surface area contributed by atoms with Crippen molar-refractivity contribution in [2.75, 3.05) is 31.1 Å². The zero-order valence-electron chi connectivity index (χ0n) is 15.0.